The Kier molecular flexibility index (Phi) is 4.43. The number of fused-ring (bicyclic) bond motifs is 1. The van der Waals surface area contributed by atoms with Crippen molar-refractivity contribution in [3.8, 4) is 0 Å². The summed E-state index contributed by atoms with van der Waals surface area (Å²) in [5, 5.41) is 4.20. The Morgan fingerprint density at radius 2 is 1.83 bits per heavy atom. The summed E-state index contributed by atoms with van der Waals surface area (Å²) in [5.41, 5.74) is 6.54. The number of nitrogens with one attached hydrogen (secondary N) is 2. The number of hydrogen-bond acceptors (Lipinski definition) is 1. The Balaban J connectivity index is 1.79. The van der Waals surface area contributed by atoms with Gasteiger partial charge < -0.3 is 10.3 Å². The molecule has 2 aromatic carbocycles. The number of amides is 1. The lowest BCUT2D eigenvalue weighted by molar-refractivity contribution is 0.0940. The van der Waals surface area contributed by atoms with Gasteiger partial charge in [-0.25, -0.2) is 0 Å². The fourth-order valence-corrected chi connectivity index (χ4v) is 3.01. The number of aryl methyl sites for hydroxylation is 3. The van der Waals surface area contributed by atoms with Crippen molar-refractivity contribution in [1.29, 1.82) is 0 Å². The van der Waals surface area contributed by atoms with E-state index in [1.165, 1.54) is 11.1 Å². The molecule has 1 unspecified atom stereocenters. The molecular formula is C21H24N2O. The zero-order valence-corrected chi connectivity index (χ0v) is 14.7. The second-order valence-electron chi connectivity index (χ2n) is 6.43. The van der Waals surface area contributed by atoms with Crippen LogP contribution in [0.5, 0.6) is 0 Å². The standard InChI is InChI=1S/C21H24N2O/c1-5-16-6-8-17(9-7-16)15(4)23-21(24)18-10-11-20-19(12-18)13(2)14(3)22-20/h6-12,15,22H,5H2,1-4H3,(H,23,24). The lowest BCUT2D eigenvalue weighted by Crippen LogP contribution is -2.26. The van der Waals surface area contributed by atoms with Crippen molar-refractivity contribution in [3.63, 3.8) is 0 Å². The molecule has 3 heteroatoms. The summed E-state index contributed by atoms with van der Waals surface area (Å²) in [5.74, 6) is -0.0396. The largest absolute Gasteiger partial charge is 0.358 e. The van der Waals surface area contributed by atoms with E-state index < -0.39 is 0 Å². The molecule has 0 spiro atoms. The van der Waals surface area contributed by atoms with E-state index in [2.05, 4.69) is 55.3 Å². The molecule has 0 aliphatic heterocycles. The highest BCUT2D eigenvalue weighted by atomic mass is 16.1. The first-order chi connectivity index (χ1) is 11.5. The number of carbonyl (C=O) groups is 1. The Hall–Kier alpha value is -2.55. The van der Waals surface area contributed by atoms with Crippen LogP contribution in [0.25, 0.3) is 10.9 Å². The van der Waals surface area contributed by atoms with Crippen molar-refractivity contribution in [3.05, 3.63) is 70.4 Å². The summed E-state index contributed by atoms with van der Waals surface area (Å²) < 4.78 is 0. The fourth-order valence-electron chi connectivity index (χ4n) is 3.01. The molecule has 0 saturated heterocycles. The second-order valence-corrected chi connectivity index (χ2v) is 6.43. The topological polar surface area (TPSA) is 44.9 Å². The predicted octanol–water partition coefficient (Wildman–Crippen LogP) is 4.84. The number of carbonyl (C=O) groups excluding carboxylic acids is 1. The molecule has 2 N–H and O–H groups in total. The van der Waals surface area contributed by atoms with Gasteiger partial charge in [0, 0.05) is 22.2 Å². The van der Waals surface area contributed by atoms with E-state index >= 15 is 0 Å². The van der Waals surface area contributed by atoms with Crippen LogP contribution in [0.3, 0.4) is 0 Å². The van der Waals surface area contributed by atoms with Gasteiger partial charge in [0.2, 0.25) is 0 Å². The molecule has 1 atom stereocenters. The number of hydrogen-bond donors (Lipinski definition) is 2. The van der Waals surface area contributed by atoms with Gasteiger partial charge >= 0.3 is 0 Å². The van der Waals surface area contributed by atoms with E-state index in [9.17, 15) is 4.79 Å². The van der Waals surface area contributed by atoms with Crippen molar-refractivity contribution < 1.29 is 4.79 Å². The third-order valence-electron chi connectivity index (χ3n) is 4.81. The molecule has 24 heavy (non-hydrogen) atoms. The normalized spacial score (nSPS) is 12.3. The molecule has 1 aromatic heterocycles. The summed E-state index contributed by atoms with van der Waals surface area (Å²) in [6.07, 6.45) is 1.02. The molecule has 124 valence electrons. The second kappa shape index (κ2) is 6.52. The van der Waals surface area contributed by atoms with Crippen LogP contribution in [0.4, 0.5) is 0 Å². The van der Waals surface area contributed by atoms with Gasteiger partial charge in [0.15, 0.2) is 0 Å². The summed E-state index contributed by atoms with van der Waals surface area (Å²) in [7, 11) is 0. The zero-order valence-electron chi connectivity index (χ0n) is 14.7. The van der Waals surface area contributed by atoms with Crippen LogP contribution in [0.15, 0.2) is 42.5 Å². The summed E-state index contributed by atoms with van der Waals surface area (Å²) in [6.45, 7) is 8.29. The molecule has 3 aromatic rings. The quantitative estimate of drug-likeness (QED) is 0.710. The monoisotopic (exact) mass is 320 g/mol. The molecule has 0 fully saturated rings. The summed E-state index contributed by atoms with van der Waals surface area (Å²) in [6, 6.07) is 14.2. The Morgan fingerprint density at radius 1 is 1.12 bits per heavy atom. The van der Waals surface area contributed by atoms with E-state index in [1.54, 1.807) is 0 Å². The Morgan fingerprint density at radius 3 is 2.50 bits per heavy atom. The highest BCUT2D eigenvalue weighted by molar-refractivity contribution is 5.99. The smallest absolute Gasteiger partial charge is 0.251 e. The maximum absolute atomic E-state index is 12.6. The number of H-pyrrole nitrogens is 1. The number of rotatable bonds is 4. The first-order valence-electron chi connectivity index (χ1n) is 8.48. The first kappa shape index (κ1) is 16.3. The molecule has 1 heterocycles. The van der Waals surface area contributed by atoms with Crippen LogP contribution >= 0.6 is 0 Å². The number of aromatic nitrogens is 1. The number of benzene rings is 2. The molecule has 0 saturated carbocycles. The van der Waals surface area contributed by atoms with Gasteiger partial charge in [-0.15, -0.1) is 0 Å². The average Bonchev–Trinajstić information content (AvgIpc) is 2.88. The fraction of sp³-hybridized carbons (Fsp3) is 0.286. The van der Waals surface area contributed by atoms with Crippen molar-refractivity contribution in [2.75, 3.05) is 0 Å². The molecule has 1 amide bonds. The van der Waals surface area contributed by atoms with Gasteiger partial charge in [-0.1, -0.05) is 31.2 Å². The maximum atomic E-state index is 12.6. The Labute approximate surface area is 143 Å². The van der Waals surface area contributed by atoms with Gasteiger partial charge in [-0.3, -0.25) is 4.79 Å². The third-order valence-corrected chi connectivity index (χ3v) is 4.81. The summed E-state index contributed by atoms with van der Waals surface area (Å²) >= 11 is 0. The molecule has 0 aliphatic carbocycles. The van der Waals surface area contributed by atoms with E-state index in [0.29, 0.717) is 5.56 Å². The van der Waals surface area contributed by atoms with Crippen molar-refractivity contribution in [1.82, 2.24) is 10.3 Å². The van der Waals surface area contributed by atoms with E-state index in [1.807, 2.05) is 25.1 Å². The maximum Gasteiger partial charge on any atom is 0.251 e. The predicted molar refractivity (Wildman–Crippen MR) is 99.5 cm³/mol. The minimum Gasteiger partial charge on any atom is -0.358 e. The molecule has 0 radical (unpaired) electrons. The average molecular weight is 320 g/mol. The van der Waals surface area contributed by atoms with Gasteiger partial charge in [-0.05, 0) is 62.1 Å². The zero-order chi connectivity index (χ0) is 17.3. The SMILES string of the molecule is CCc1ccc(C(C)NC(=O)c2ccc3[nH]c(C)c(C)c3c2)cc1. The molecular weight excluding hydrogens is 296 g/mol. The van der Waals surface area contributed by atoms with Crippen LogP contribution < -0.4 is 5.32 Å². The minimum atomic E-state index is -0.0396. The van der Waals surface area contributed by atoms with Crippen LogP contribution in [-0.2, 0) is 6.42 Å². The van der Waals surface area contributed by atoms with Crippen molar-refractivity contribution in [2.45, 2.75) is 40.2 Å². The lowest BCUT2D eigenvalue weighted by Gasteiger charge is -2.15. The number of aromatic amines is 1. The van der Waals surface area contributed by atoms with Crippen LogP contribution in [0.1, 0.15) is 52.6 Å². The molecule has 0 bridgehead atoms. The highest BCUT2D eigenvalue weighted by Crippen LogP contribution is 2.23. The molecule has 3 nitrogen and oxygen atoms in total. The van der Waals surface area contributed by atoms with Gasteiger partial charge in [-0.2, -0.15) is 0 Å². The highest BCUT2D eigenvalue weighted by Gasteiger charge is 2.13. The first-order valence-corrected chi connectivity index (χ1v) is 8.48. The van der Waals surface area contributed by atoms with Crippen LogP contribution in [0.2, 0.25) is 0 Å². The molecule has 3 rings (SSSR count). The van der Waals surface area contributed by atoms with Crippen LogP contribution in [-0.4, -0.2) is 10.9 Å². The van der Waals surface area contributed by atoms with E-state index in [4.69, 9.17) is 0 Å². The minimum absolute atomic E-state index is 0.0202. The van der Waals surface area contributed by atoms with Crippen LogP contribution in [0, 0.1) is 13.8 Å². The van der Waals surface area contributed by atoms with E-state index in [0.717, 1.165) is 28.6 Å². The lowest BCUT2D eigenvalue weighted by atomic mass is 10.0. The van der Waals surface area contributed by atoms with E-state index in [-0.39, 0.29) is 11.9 Å². The van der Waals surface area contributed by atoms with Crippen molar-refractivity contribution >= 4 is 16.8 Å². The molecule has 0 aliphatic rings. The van der Waals surface area contributed by atoms with Crippen molar-refractivity contribution in [2.24, 2.45) is 0 Å². The third kappa shape index (κ3) is 3.07. The van der Waals surface area contributed by atoms with Gasteiger partial charge in [0.05, 0.1) is 6.04 Å². The van der Waals surface area contributed by atoms with Gasteiger partial charge in [0.1, 0.15) is 0 Å². The van der Waals surface area contributed by atoms with Gasteiger partial charge in [0.25, 0.3) is 5.91 Å². The Bertz CT molecular complexity index is 875. The summed E-state index contributed by atoms with van der Waals surface area (Å²) in [4.78, 5) is 15.9.